The molecular formula is C12H13BrN4O3. The number of H-pyrrole nitrogens is 1. The number of nitrogens with zero attached hydrogens (tertiary/aromatic N) is 2. The van der Waals surface area contributed by atoms with Crippen LogP contribution in [0.4, 0.5) is 0 Å². The molecule has 0 bridgehead atoms. The highest BCUT2D eigenvalue weighted by Crippen LogP contribution is 2.38. The second kappa shape index (κ2) is 5.91. The Hall–Kier alpha value is -2.09. The molecule has 0 aliphatic carbocycles. The molecule has 0 unspecified atom stereocenters. The topological polar surface area (TPSA) is 103 Å². The first-order valence-electron chi connectivity index (χ1n) is 5.79. The fourth-order valence-electron chi connectivity index (χ4n) is 1.73. The molecule has 0 spiro atoms. The monoisotopic (exact) mass is 340 g/mol. The van der Waals surface area contributed by atoms with Gasteiger partial charge in [0, 0.05) is 10.0 Å². The molecule has 0 atom stereocenters. The van der Waals surface area contributed by atoms with Crippen LogP contribution in [0.2, 0.25) is 0 Å². The normalized spacial score (nSPS) is 10.3. The third-order valence-electron chi connectivity index (χ3n) is 2.59. The average molecular weight is 341 g/mol. The van der Waals surface area contributed by atoms with Crippen LogP contribution in [0.25, 0.3) is 11.3 Å². The average Bonchev–Trinajstić information content (AvgIpc) is 2.88. The molecule has 106 valence electrons. The number of benzene rings is 1. The molecule has 8 heteroatoms. The van der Waals surface area contributed by atoms with Gasteiger partial charge in [-0.1, -0.05) is 0 Å². The van der Waals surface area contributed by atoms with Crippen LogP contribution >= 0.6 is 15.9 Å². The zero-order valence-corrected chi connectivity index (χ0v) is 12.5. The molecule has 0 saturated heterocycles. The number of hydrogen-bond acceptors (Lipinski definition) is 5. The van der Waals surface area contributed by atoms with Crippen LogP contribution in [-0.2, 0) is 0 Å². The third-order valence-corrected chi connectivity index (χ3v) is 3.25. The number of methoxy groups -OCH3 is 1. The zero-order chi connectivity index (χ0) is 14.7. The molecule has 0 aliphatic rings. The maximum absolute atomic E-state index is 11.3. The van der Waals surface area contributed by atoms with Gasteiger partial charge in [0.1, 0.15) is 5.69 Å². The predicted octanol–water partition coefficient (Wildman–Crippen LogP) is 1.74. The Bertz CT molecular complexity index is 642. The van der Waals surface area contributed by atoms with Crippen molar-refractivity contribution < 1.29 is 14.3 Å². The number of hydrogen-bond donors (Lipinski definition) is 2. The van der Waals surface area contributed by atoms with E-state index in [0.717, 1.165) is 0 Å². The van der Waals surface area contributed by atoms with Crippen molar-refractivity contribution in [3.8, 4) is 22.8 Å². The van der Waals surface area contributed by atoms with Crippen molar-refractivity contribution in [2.75, 3.05) is 13.7 Å². The molecule has 0 fully saturated rings. The van der Waals surface area contributed by atoms with Gasteiger partial charge in [0.2, 0.25) is 0 Å². The highest BCUT2D eigenvalue weighted by atomic mass is 79.9. The molecule has 0 saturated carbocycles. The predicted molar refractivity (Wildman–Crippen MR) is 75.8 cm³/mol. The van der Waals surface area contributed by atoms with Crippen LogP contribution in [0.3, 0.4) is 0 Å². The van der Waals surface area contributed by atoms with Crippen molar-refractivity contribution in [3.63, 3.8) is 0 Å². The molecule has 0 radical (unpaired) electrons. The van der Waals surface area contributed by atoms with Gasteiger partial charge in [-0.3, -0.25) is 4.79 Å². The molecule has 1 aromatic heterocycles. The summed E-state index contributed by atoms with van der Waals surface area (Å²) in [6, 6.07) is 3.45. The minimum absolute atomic E-state index is 0.0666. The lowest BCUT2D eigenvalue weighted by Gasteiger charge is -2.12. The minimum Gasteiger partial charge on any atom is -0.493 e. The zero-order valence-electron chi connectivity index (χ0n) is 10.9. The molecule has 1 aromatic carbocycles. The van der Waals surface area contributed by atoms with E-state index in [4.69, 9.17) is 15.2 Å². The summed E-state index contributed by atoms with van der Waals surface area (Å²) in [5.74, 6) is 0.465. The van der Waals surface area contributed by atoms with Gasteiger partial charge in [0.25, 0.3) is 5.91 Å². The summed E-state index contributed by atoms with van der Waals surface area (Å²) < 4.78 is 11.4. The highest BCUT2D eigenvalue weighted by Gasteiger charge is 2.20. The molecule has 3 N–H and O–H groups in total. The number of ether oxygens (including phenoxy) is 2. The summed E-state index contributed by atoms with van der Waals surface area (Å²) in [6.07, 6.45) is 0. The smallest absolute Gasteiger partial charge is 0.271 e. The Balaban J connectivity index is 2.57. The standard InChI is InChI=1S/C12H13BrN4O3/c1-3-20-9-5-7(13)6(4-8(9)19-2)10-11(12(14)18)16-17-15-10/h4-5H,3H2,1-2H3,(H2,14,18)(H,15,16,17). The number of primary amides is 1. The van der Waals surface area contributed by atoms with E-state index in [9.17, 15) is 4.79 Å². The lowest BCUT2D eigenvalue weighted by molar-refractivity contribution is 0.0996. The molecule has 0 aliphatic heterocycles. The van der Waals surface area contributed by atoms with Crippen molar-refractivity contribution in [1.29, 1.82) is 0 Å². The summed E-state index contributed by atoms with van der Waals surface area (Å²) in [7, 11) is 1.54. The van der Waals surface area contributed by atoms with E-state index in [-0.39, 0.29) is 5.69 Å². The van der Waals surface area contributed by atoms with E-state index in [0.29, 0.717) is 33.8 Å². The van der Waals surface area contributed by atoms with Crippen LogP contribution in [0, 0.1) is 0 Å². The van der Waals surface area contributed by atoms with Crippen LogP contribution < -0.4 is 15.2 Å². The quantitative estimate of drug-likeness (QED) is 0.862. The molecule has 2 rings (SSSR count). The summed E-state index contributed by atoms with van der Waals surface area (Å²) in [5, 5.41) is 10.1. The Morgan fingerprint density at radius 1 is 1.40 bits per heavy atom. The molecule has 1 amide bonds. The van der Waals surface area contributed by atoms with E-state index in [1.807, 2.05) is 6.92 Å². The van der Waals surface area contributed by atoms with Gasteiger partial charge in [-0.15, -0.1) is 0 Å². The number of halogens is 1. The first-order chi connectivity index (χ1) is 9.58. The number of rotatable bonds is 5. The second-order valence-electron chi connectivity index (χ2n) is 3.80. The molecule has 1 heterocycles. The van der Waals surface area contributed by atoms with Gasteiger partial charge in [-0.25, -0.2) is 0 Å². The lowest BCUT2D eigenvalue weighted by atomic mass is 10.1. The minimum atomic E-state index is -0.659. The second-order valence-corrected chi connectivity index (χ2v) is 4.66. The van der Waals surface area contributed by atoms with E-state index in [1.165, 1.54) is 7.11 Å². The van der Waals surface area contributed by atoms with Crippen molar-refractivity contribution >= 4 is 21.8 Å². The Labute approximate surface area is 123 Å². The van der Waals surface area contributed by atoms with Crippen molar-refractivity contribution in [2.24, 2.45) is 5.73 Å². The number of aromatic amines is 1. The maximum atomic E-state index is 11.3. The Morgan fingerprint density at radius 2 is 2.15 bits per heavy atom. The summed E-state index contributed by atoms with van der Waals surface area (Å²) in [5.41, 5.74) is 6.31. The van der Waals surface area contributed by atoms with Gasteiger partial charge in [0.15, 0.2) is 17.2 Å². The molecule has 7 nitrogen and oxygen atoms in total. The number of carbonyl (C=O) groups excluding carboxylic acids is 1. The van der Waals surface area contributed by atoms with Crippen LogP contribution in [0.15, 0.2) is 16.6 Å². The first-order valence-corrected chi connectivity index (χ1v) is 6.59. The summed E-state index contributed by atoms with van der Waals surface area (Å²) in [4.78, 5) is 11.3. The van der Waals surface area contributed by atoms with Crippen molar-refractivity contribution in [1.82, 2.24) is 15.4 Å². The van der Waals surface area contributed by atoms with E-state index >= 15 is 0 Å². The third kappa shape index (κ3) is 2.60. The van der Waals surface area contributed by atoms with Crippen LogP contribution in [-0.4, -0.2) is 35.0 Å². The molecular weight excluding hydrogens is 328 g/mol. The fraction of sp³-hybridized carbons (Fsp3) is 0.250. The van der Waals surface area contributed by atoms with Gasteiger partial charge in [-0.05, 0) is 35.0 Å². The van der Waals surface area contributed by atoms with Crippen molar-refractivity contribution in [2.45, 2.75) is 6.92 Å². The van der Waals surface area contributed by atoms with Gasteiger partial charge < -0.3 is 15.2 Å². The van der Waals surface area contributed by atoms with Crippen LogP contribution in [0.1, 0.15) is 17.4 Å². The highest BCUT2D eigenvalue weighted by molar-refractivity contribution is 9.10. The van der Waals surface area contributed by atoms with Gasteiger partial charge >= 0.3 is 0 Å². The Kier molecular flexibility index (Phi) is 4.23. The number of carbonyl (C=O) groups is 1. The first kappa shape index (κ1) is 14.3. The fourth-order valence-corrected chi connectivity index (χ4v) is 2.25. The number of nitrogens with two attached hydrogens (primary N) is 1. The summed E-state index contributed by atoms with van der Waals surface area (Å²) in [6.45, 7) is 2.39. The van der Waals surface area contributed by atoms with E-state index < -0.39 is 5.91 Å². The van der Waals surface area contributed by atoms with Gasteiger partial charge in [0.05, 0.1) is 13.7 Å². The number of aromatic nitrogens is 3. The van der Waals surface area contributed by atoms with E-state index in [1.54, 1.807) is 12.1 Å². The SMILES string of the molecule is CCOc1cc(Br)c(-c2n[nH]nc2C(N)=O)cc1OC. The lowest BCUT2D eigenvalue weighted by Crippen LogP contribution is -2.12. The molecule has 20 heavy (non-hydrogen) atoms. The Morgan fingerprint density at radius 3 is 2.75 bits per heavy atom. The largest absolute Gasteiger partial charge is 0.493 e. The van der Waals surface area contributed by atoms with E-state index in [2.05, 4.69) is 31.3 Å². The maximum Gasteiger partial charge on any atom is 0.271 e. The van der Waals surface area contributed by atoms with Crippen molar-refractivity contribution in [3.05, 3.63) is 22.3 Å². The van der Waals surface area contributed by atoms with Gasteiger partial charge in [-0.2, -0.15) is 15.4 Å². The molecule has 2 aromatic rings. The summed E-state index contributed by atoms with van der Waals surface area (Å²) >= 11 is 3.42. The number of nitrogens with one attached hydrogen (secondary N) is 1. The van der Waals surface area contributed by atoms with Crippen LogP contribution in [0.5, 0.6) is 11.5 Å². The number of amides is 1.